The van der Waals surface area contributed by atoms with Crippen LogP contribution in [0.2, 0.25) is 0 Å². The van der Waals surface area contributed by atoms with Crippen LogP contribution in [0.5, 0.6) is 11.5 Å². The van der Waals surface area contributed by atoms with Gasteiger partial charge < -0.3 is 24.1 Å². The van der Waals surface area contributed by atoms with Crippen molar-refractivity contribution in [3.8, 4) is 11.5 Å². The van der Waals surface area contributed by atoms with Gasteiger partial charge in [0.1, 0.15) is 5.70 Å². The zero-order chi connectivity index (χ0) is 23.5. The maximum absolute atomic E-state index is 13.2. The minimum Gasteiger partial charge on any atom is -0.460 e. The van der Waals surface area contributed by atoms with Gasteiger partial charge in [-0.05, 0) is 17.7 Å². The molecule has 0 unspecified atom stereocenters. The maximum Gasteiger partial charge on any atom is 0.586 e. The molecule has 0 fully saturated rings. The standard InChI is InChI=1S/C18H13F2NO7S/c19-18(20)26-12-7-6-11(8-13(12)27-18)15-14(22)16(17(21)25-15)28-29(23,24)9-10-4-2-1-3-5-10/h1-8,15H,9,21H2/t15-/m0/s1/i9D2,15D. The molecule has 0 amide bonds. The molecule has 4 rings (SSSR count). The molecule has 0 aliphatic carbocycles. The summed E-state index contributed by atoms with van der Waals surface area (Å²) >= 11 is 0. The highest BCUT2D eigenvalue weighted by Gasteiger charge is 2.45. The van der Waals surface area contributed by atoms with Gasteiger partial charge in [-0.15, -0.1) is 8.78 Å². The fourth-order valence-corrected chi connectivity index (χ4v) is 3.40. The molecular weight excluding hydrogens is 412 g/mol. The van der Waals surface area contributed by atoms with Crippen LogP contribution in [-0.2, 0) is 29.5 Å². The maximum atomic E-state index is 13.2. The van der Waals surface area contributed by atoms with E-state index in [9.17, 15) is 22.0 Å². The first-order valence-electron chi connectivity index (χ1n) is 9.40. The minimum absolute atomic E-state index is 0.278. The average Bonchev–Trinajstić information content (AvgIpc) is 3.14. The van der Waals surface area contributed by atoms with E-state index in [-0.39, 0.29) is 16.9 Å². The molecule has 0 aromatic heterocycles. The second-order valence-corrected chi connectivity index (χ2v) is 7.07. The van der Waals surface area contributed by atoms with Crippen LogP contribution in [0, 0.1) is 0 Å². The molecule has 2 N–H and O–H groups in total. The van der Waals surface area contributed by atoms with Gasteiger partial charge in [-0.25, -0.2) is 0 Å². The number of carbonyl (C=O) groups is 1. The smallest absolute Gasteiger partial charge is 0.460 e. The molecule has 11 heteroatoms. The van der Waals surface area contributed by atoms with Crippen LogP contribution < -0.4 is 15.2 Å². The molecule has 0 radical (unpaired) electrons. The third-order valence-electron chi connectivity index (χ3n) is 3.72. The first kappa shape index (κ1) is 15.6. The van der Waals surface area contributed by atoms with E-state index in [0.717, 1.165) is 18.2 Å². The van der Waals surface area contributed by atoms with Crippen molar-refractivity contribution < 1.29 is 44.5 Å². The van der Waals surface area contributed by atoms with Gasteiger partial charge >= 0.3 is 16.4 Å². The lowest BCUT2D eigenvalue weighted by Crippen LogP contribution is -2.25. The second kappa shape index (κ2) is 6.62. The summed E-state index contributed by atoms with van der Waals surface area (Å²) in [6.07, 6.45) is -6.65. The highest BCUT2D eigenvalue weighted by Crippen LogP contribution is 2.43. The number of fused-ring (bicyclic) bond motifs is 1. The zero-order valence-corrected chi connectivity index (χ0v) is 15.0. The highest BCUT2D eigenvalue weighted by molar-refractivity contribution is 7.86. The molecule has 0 spiro atoms. The average molecular weight is 428 g/mol. The number of carbonyl (C=O) groups excluding carboxylic acids is 1. The molecule has 152 valence electrons. The Balaban J connectivity index is 1.63. The SMILES string of the molecule is [2H]C([2H])(c1ccccc1)S(=O)(=O)OC1=C(N)O[C@@]([2H])(c2ccc3c(c2)OC(F)(F)O3)C1=O. The van der Waals surface area contributed by atoms with Gasteiger partial charge in [0.2, 0.25) is 17.4 Å². The van der Waals surface area contributed by atoms with Gasteiger partial charge in [-0.1, -0.05) is 36.4 Å². The van der Waals surface area contributed by atoms with Crippen LogP contribution in [0.1, 0.15) is 21.3 Å². The van der Waals surface area contributed by atoms with Crippen LogP contribution in [0.3, 0.4) is 0 Å². The normalized spacial score (nSPS) is 24.5. The van der Waals surface area contributed by atoms with E-state index < -0.39 is 51.4 Å². The van der Waals surface area contributed by atoms with Crippen molar-refractivity contribution in [3.63, 3.8) is 0 Å². The zero-order valence-electron chi connectivity index (χ0n) is 17.2. The lowest BCUT2D eigenvalue weighted by Gasteiger charge is -2.10. The lowest BCUT2D eigenvalue weighted by atomic mass is 10.1. The van der Waals surface area contributed by atoms with Crippen LogP contribution in [0.4, 0.5) is 8.78 Å². The summed E-state index contributed by atoms with van der Waals surface area (Å²) in [4.78, 5) is 12.8. The fraction of sp³-hybridized carbons (Fsp3) is 0.167. The highest BCUT2D eigenvalue weighted by atomic mass is 32.2. The summed E-state index contributed by atoms with van der Waals surface area (Å²) in [5, 5.41) is 0. The minimum atomic E-state index is -5.15. The quantitative estimate of drug-likeness (QED) is 0.722. The molecule has 2 aromatic carbocycles. The number of ketones is 1. The van der Waals surface area contributed by atoms with E-state index in [1.54, 1.807) is 0 Å². The first-order chi connectivity index (χ1) is 14.8. The van der Waals surface area contributed by atoms with Gasteiger partial charge in [0.25, 0.3) is 0 Å². The Morgan fingerprint density at radius 1 is 1.17 bits per heavy atom. The molecule has 1 atom stereocenters. The monoisotopic (exact) mass is 428 g/mol. The number of alkyl halides is 2. The number of benzene rings is 2. The first-order valence-corrected chi connectivity index (χ1v) is 9.31. The summed E-state index contributed by atoms with van der Waals surface area (Å²) in [6, 6.07) is 9.65. The number of ether oxygens (including phenoxy) is 3. The fourth-order valence-electron chi connectivity index (χ4n) is 2.56. The van der Waals surface area contributed by atoms with Crippen molar-refractivity contribution in [1.82, 2.24) is 0 Å². The second-order valence-electron chi connectivity index (χ2n) is 5.79. The Morgan fingerprint density at radius 2 is 1.86 bits per heavy atom. The predicted octanol–water partition coefficient (Wildman–Crippen LogP) is 2.32. The van der Waals surface area contributed by atoms with Crippen LogP contribution in [-0.4, -0.2) is 20.5 Å². The molecule has 2 aromatic rings. The molecule has 0 saturated heterocycles. The molecule has 0 saturated carbocycles. The van der Waals surface area contributed by atoms with E-state index in [1.807, 2.05) is 0 Å². The van der Waals surface area contributed by atoms with Crippen molar-refractivity contribution in [2.45, 2.75) is 18.1 Å². The van der Waals surface area contributed by atoms with Gasteiger partial charge in [0.15, 0.2) is 17.6 Å². The molecule has 2 heterocycles. The number of rotatable bonds is 5. The summed E-state index contributed by atoms with van der Waals surface area (Å²) in [5.74, 6) is -4.27. The van der Waals surface area contributed by atoms with Gasteiger partial charge in [-0.2, -0.15) is 8.42 Å². The van der Waals surface area contributed by atoms with Gasteiger partial charge in [0.05, 0.1) is 4.11 Å². The summed E-state index contributed by atoms with van der Waals surface area (Å²) in [7, 11) is -5.15. The third kappa shape index (κ3) is 3.81. The Hall–Kier alpha value is -3.34. The summed E-state index contributed by atoms with van der Waals surface area (Å²) in [6.45, 7) is 0. The summed E-state index contributed by atoms with van der Waals surface area (Å²) in [5.41, 5.74) is 1.85. The number of Topliss-reactive ketones (excluding diaryl/α,β-unsaturated/α-hetero) is 1. The van der Waals surface area contributed by atoms with Crippen molar-refractivity contribution in [2.24, 2.45) is 5.73 Å². The number of halogens is 2. The van der Waals surface area contributed by atoms with E-state index in [1.165, 1.54) is 30.3 Å². The molecule has 29 heavy (non-hydrogen) atoms. The number of hydrogen-bond donors (Lipinski definition) is 1. The van der Waals surface area contributed by atoms with Crippen LogP contribution in [0.25, 0.3) is 0 Å². The van der Waals surface area contributed by atoms with Crippen molar-refractivity contribution in [1.29, 1.82) is 0 Å². The topological polar surface area (TPSA) is 114 Å². The molecule has 2 aliphatic rings. The Morgan fingerprint density at radius 3 is 2.59 bits per heavy atom. The van der Waals surface area contributed by atoms with Crippen molar-refractivity contribution in [2.75, 3.05) is 0 Å². The Bertz CT molecular complexity index is 1250. The van der Waals surface area contributed by atoms with Crippen molar-refractivity contribution in [3.05, 3.63) is 71.3 Å². The third-order valence-corrected chi connectivity index (χ3v) is 4.59. The number of nitrogens with two attached hydrogens (primary N) is 1. The van der Waals surface area contributed by atoms with Gasteiger partial charge in [-0.3, -0.25) is 4.79 Å². The van der Waals surface area contributed by atoms with Crippen LogP contribution >= 0.6 is 0 Å². The molecule has 2 aliphatic heterocycles. The predicted molar refractivity (Wildman–Crippen MR) is 92.8 cm³/mol. The number of hydrogen-bond acceptors (Lipinski definition) is 8. The Kier molecular flexibility index (Phi) is 3.55. The Labute approximate surface area is 167 Å². The molecule has 8 nitrogen and oxygen atoms in total. The summed E-state index contributed by atoms with van der Waals surface area (Å²) < 4.78 is 94.1. The molecule has 0 bridgehead atoms. The van der Waals surface area contributed by atoms with E-state index >= 15 is 0 Å². The lowest BCUT2D eigenvalue weighted by molar-refractivity contribution is -0.286. The van der Waals surface area contributed by atoms with Gasteiger partial charge in [0, 0.05) is 5.56 Å². The molecular formula is C18H13F2NO7S. The van der Waals surface area contributed by atoms with Crippen LogP contribution in [0.15, 0.2) is 60.2 Å². The van der Waals surface area contributed by atoms with E-state index in [0.29, 0.717) is 0 Å². The van der Waals surface area contributed by atoms with E-state index in [4.69, 9.17) is 14.6 Å². The largest absolute Gasteiger partial charge is 0.586 e. The van der Waals surface area contributed by atoms with Crippen molar-refractivity contribution >= 4 is 15.9 Å². The van der Waals surface area contributed by atoms with E-state index in [2.05, 4.69) is 13.7 Å².